The smallest absolute Gasteiger partial charge is 0.406 e. The molecule has 1 heterocycles. The summed E-state index contributed by atoms with van der Waals surface area (Å²) in [7, 11) is 1.54. The minimum absolute atomic E-state index is 0.130. The number of methoxy groups -OCH3 is 1. The van der Waals surface area contributed by atoms with Gasteiger partial charge in [-0.1, -0.05) is 12.1 Å². The molecule has 9 heteroatoms. The van der Waals surface area contributed by atoms with Gasteiger partial charge in [0.15, 0.2) is 0 Å². The molecule has 1 aliphatic carbocycles. The van der Waals surface area contributed by atoms with Crippen LogP contribution in [0, 0.1) is 0 Å². The average molecular weight is 386 g/mol. The Morgan fingerprint density at radius 3 is 2.37 bits per heavy atom. The van der Waals surface area contributed by atoms with E-state index in [9.17, 15) is 22.8 Å². The van der Waals surface area contributed by atoms with E-state index in [1.54, 1.807) is 7.11 Å². The summed E-state index contributed by atoms with van der Waals surface area (Å²) in [5, 5.41) is 0. The van der Waals surface area contributed by atoms with Crippen molar-refractivity contribution in [2.45, 2.75) is 49.6 Å². The fraction of sp³-hybridized carbons (Fsp3) is 0.556. The highest BCUT2D eigenvalue weighted by molar-refractivity contribution is 5.94. The normalized spacial score (nSPS) is 27.9. The SMILES string of the molecule is COC1CC(C(=O)N2CCCC2C(N)=O)(c2ccc(OC(F)(F)F)cc2)C1. The van der Waals surface area contributed by atoms with E-state index in [0.717, 1.165) is 0 Å². The van der Waals surface area contributed by atoms with Crippen molar-refractivity contribution < 1.29 is 32.2 Å². The second-order valence-corrected chi connectivity index (χ2v) is 6.98. The van der Waals surface area contributed by atoms with E-state index in [4.69, 9.17) is 10.5 Å². The second-order valence-electron chi connectivity index (χ2n) is 6.98. The van der Waals surface area contributed by atoms with Crippen molar-refractivity contribution in [2.24, 2.45) is 5.73 Å². The van der Waals surface area contributed by atoms with Crippen LogP contribution in [0.2, 0.25) is 0 Å². The molecule has 2 N–H and O–H groups in total. The monoisotopic (exact) mass is 386 g/mol. The van der Waals surface area contributed by atoms with Crippen molar-refractivity contribution in [3.05, 3.63) is 29.8 Å². The summed E-state index contributed by atoms with van der Waals surface area (Å²) in [4.78, 5) is 26.5. The first-order valence-corrected chi connectivity index (χ1v) is 8.66. The van der Waals surface area contributed by atoms with Gasteiger partial charge in [-0.25, -0.2) is 0 Å². The predicted molar refractivity (Wildman–Crippen MR) is 88.8 cm³/mol. The molecule has 2 fully saturated rings. The Morgan fingerprint density at radius 1 is 1.22 bits per heavy atom. The molecular formula is C18H21F3N2O4. The zero-order valence-electron chi connectivity index (χ0n) is 14.8. The highest BCUT2D eigenvalue weighted by Crippen LogP contribution is 2.48. The van der Waals surface area contributed by atoms with Crippen LogP contribution in [-0.2, 0) is 19.7 Å². The number of hydrogen-bond donors (Lipinski definition) is 1. The number of carbonyl (C=O) groups is 2. The van der Waals surface area contributed by atoms with E-state index < -0.39 is 23.7 Å². The third-order valence-electron chi connectivity index (χ3n) is 5.38. The van der Waals surface area contributed by atoms with Gasteiger partial charge in [0.05, 0.1) is 11.5 Å². The molecule has 0 bridgehead atoms. The van der Waals surface area contributed by atoms with Crippen LogP contribution in [0.4, 0.5) is 13.2 Å². The summed E-state index contributed by atoms with van der Waals surface area (Å²) in [5.74, 6) is -1.14. The number of ether oxygens (including phenoxy) is 2. The van der Waals surface area contributed by atoms with Crippen molar-refractivity contribution in [3.63, 3.8) is 0 Å². The summed E-state index contributed by atoms with van der Waals surface area (Å²) >= 11 is 0. The first kappa shape index (κ1) is 19.5. The van der Waals surface area contributed by atoms with Crippen LogP contribution in [0.3, 0.4) is 0 Å². The van der Waals surface area contributed by atoms with Crippen molar-refractivity contribution in [3.8, 4) is 5.75 Å². The summed E-state index contributed by atoms with van der Waals surface area (Å²) in [6, 6.07) is 4.64. The lowest BCUT2D eigenvalue weighted by Crippen LogP contribution is -2.59. The molecule has 1 saturated heterocycles. The van der Waals surface area contributed by atoms with Crippen LogP contribution in [0.5, 0.6) is 5.75 Å². The van der Waals surface area contributed by atoms with E-state index in [2.05, 4.69) is 4.74 Å². The quantitative estimate of drug-likeness (QED) is 0.840. The van der Waals surface area contributed by atoms with Gasteiger partial charge in [-0.15, -0.1) is 13.2 Å². The van der Waals surface area contributed by atoms with Crippen LogP contribution in [0.1, 0.15) is 31.2 Å². The number of benzene rings is 1. The Balaban J connectivity index is 1.87. The third kappa shape index (κ3) is 3.73. The highest BCUT2D eigenvalue weighted by atomic mass is 19.4. The van der Waals surface area contributed by atoms with E-state index in [0.29, 0.717) is 37.8 Å². The maximum absolute atomic E-state index is 13.3. The van der Waals surface area contributed by atoms with Crippen molar-refractivity contribution in [1.82, 2.24) is 4.90 Å². The second kappa shape index (κ2) is 7.03. The number of halogens is 3. The van der Waals surface area contributed by atoms with E-state index >= 15 is 0 Å². The van der Waals surface area contributed by atoms with Crippen LogP contribution in [0.15, 0.2) is 24.3 Å². The number of primary amides is 1. The summed E-state index contributed by atoms with van der Waals surface area (Å²) < 4.78 is 46.3. The number of carbonyl (C=O) groups excluding carboxylic acids is 2. The molecule has 1 aliphatic heterocycles. The van der Waals surface area contributed by atoms with Gasteiger partial charge in [-0.05, 0) is 43.4 Å². The Kier molecular flexibility index (Phi) is 5.07. The number of amides is 2. The molecule has 0 aromatic heterocycles. The van der Waals surface area contributed by atoms with Gasteiger partial charge < -0.3 is 20.1 Å². The van der Waals surface area contributed by atoms with E-state index in [-0.39, 0.29) is 17.8 Å². The van der Waals surface area contributed by atoms with Crippen molar-refractivity contribution >= 4 is 11.8 Å². The summed E-state index contributed by atoms with van der Waals surface area (Å²) in [5.41, 5.74) is 5.06. The minimum atomic E-state index is -4.78. The first-order chi connectivity index (χ1) is 12.7. The fourth-order valence-electron chi connectivity index (χ4n) is 3.97. The fourth-order valence-corrected chi connectivity index (χ4v) is 3.97. The van der Waals surface area contributed by atoms with E-state index in [1.807, 2.05) is 0 Å². The standard InChI is InChI=1S/C18H21F3N2O4/c1-26-13-9-17(10-13,16(25)23-8-2-3-14(23)15(22)24)11-4-6-12(7-5-11)27-18(19,20)21/h4-7,13-14H,2-3,8-10H2,1H3,(H2,22,24). The number of nitrogens with two attached hydrogens (primary N) is 1. The summed E-state index contributed by atoms with van der Waals surface area (Å²) in [6.07, 6.45) is -2.93. The Bertz CT molecular complexity index is 714. The maximum atomic E-state index is 13.3. The molecule has 1 atom stereocenters. The topological polar surface area (TPSA) is 81.9 Å². The van der Waals surface area contributed by atoms with Gasteiger partial charge in [0, 0.05) is 13.7 Å². The van der Waals surface area contributed by atoms with Crippen LogP contribution in [-0.4, -0.2) is 48.9 Å². The molecule has 27 heavy (non-hydrogen) atoms. The lowest BCUT2D eigenvalue weighted by molar-refractivity contribution is -0.274. The van der Waals surface area contributed by atoms with Gasteiger partial charge in [-0.3, -0.25) is 9.59 Å². The summed E-state index contributed by atoms with van der Waals surface area (Å²) in [6.45, 7) is 0.432. The van der Waals surface area contributed by atoms with Gasteiger partial charge in [0.25, 0.3) is 0 Å². The average Bonchev–Trinajstić information content (AvgIpc) is 3.04. The molecule has 1 unspecified atom stereocenters. The highest BCUT2D eigenvalue weighted by Gasteiger charge is 2.55. The number of nitrogens with zero attached hydrogens (tertiary/aromatic N) is 1. The lowest BCUT2D eigenvalue weighted by Gasteiger charge is -2.48. The van der Waals surface area contributed by atoms with Gasteiger partial charge in [0.1, 0.15) is 11.8 Å². The van der Waals surface area contributed by atoms with Gasteiger partial charge in [0.2, 0.25) is 11.8 Å². The molecule has 3 rings (SSSR count). The molecule has 6 nitrogen and oxygen atoms in total. The zero-order valence-corrected chi connectivity index (χ0v) is 14.8. The Labute approximate surface area is 154 Å². The van der Waals surface area contributed by atoms with E-state index in [1.165, 1.54) is 29.2 Å². The number of likely N-dealkylation sites (tertiary alicyclic amines) is 1. The maximum Gasteiger partial charge on any atom is 0.573 e. The Hall–Kier alpha value is -2.29. The van der Waals surface area contributed by atoms with Crippen LogP contribution in [0.25, 0.3) is 0 Å². The molecule has 1 aromatic carbocycles. The number of rotatable bonds is 5. The molecule has 0 spiro atoms. The third-order valence-corrected chi connectivity index (χ3v) is 5.38. The molecule has 0 radical (unpaired) electrons. The largest absolute Gasteiger partial charge is 0.573 e. The number of hydrogen-bond acceptors (Lipinski definition) is 4. The minimum Gasteiger partial charge on any atom is -0.406 e. The lowest BCUT2D eigenvalue weighted by atomic mass is 9.61. The van der Waals surface area contributed by atoms with Crippen molar-refractivity contribution in [1.29, 1.82) is 0 Å². The zero-order chi connectivity index (χ0) is 19.8. The Morgan fingerprint density at radius 2 is 1.85 bits per heavy atom. The molecule has 148 valence electrons. The molecular weight excluding hydrogens is 365 g/mol. The van der Waals surface area contributed by atoms with Crippen LogP contribution >= 0.6 is 0 Å². The van der Waals surface area contributed by atoms with Gasteiger partial charge >= 0.3 is 6.36 Å². The molecule has 1 aromatic rings. The van der Waals surface area contributed by atoms with Crippen LogP contribution < -0.4 is 10.5 Å². The van der Waals surface area contributed by atoms with Crippen molar-refractivity contribution in [2.75, 3.05) is 13.7 Å². The van der Waals surface area contributed by atoms with Gasteiger partial charge in [-0.2, -0.15) is 0 Å². The predicted octanol–water partition coefficient (Wildman–Crippen LogP) is 2.11. The first-order valence-electron chi connectivity index (χ1n) is 8.66. The molecule has 2 aliphatic rings. The molecule has 2 amide bonds. The number of alkyl halides is 3. The molecule has 1 saturated carbocycles.